The largest absolute Gasteiger partial charge is 0.495 e. The average molecular weight is 366 g/mol. The highest BCUT2D eigenvalue weighted by atomic mass is 16.5. The summed E-state index contributed by atoms with van der Waals surface area (Å²) in [6.45, 7) is 4.96. The van der Waals surface area contributed by atoms with Crippen LogP contribution in [0.2, 0.25) is 0 Å². The van der Waals surface area contributed by atoms with Crippen LogP contribution in [0.1, 0.15) is 23.2 Å². The van der Waals surface area contributed by atoms with E-state index in [9.17, 15) is 4.79 Å². The van der Waals surface area contributed by atoms with Gasteiger partial charge in [0.2, 0.25) is 0 Å². The Kier molecular flexibility index (Phi) is 5.14. The topological polar surface area (TPSA) is 48.9 Å². The maximum Gasteiger partial charge on any atom is 0.257 e. The van der Waals surface area contributed by atoms with E-state index < -0.39 is 0 Å². The van der Waals surface area contributed by atoms with Gasteiger partial charge in [0.1, 0.15) is 11.6 Å². The van der Waals surface area contributed by atoms with Crippen molar-refractivity contribution in [1.29, 1.82) is 0 Å². The standard InChI is InChI=1S/C21H26N4O2/c1-27-19-9-3-2-8-18(19)23-13-15-25(16-14-23)21(26)17-7-6-10-22-20(17)24-11-4-5-12-24/h2-3,6-10H,4-5,11-16H2,1H3. The fourth-order valence-electron chi connectivity index (χ4n) is 3.96. The summed E-state index contributed by atoms with van der Waals surface area (Å²) in [5, 5.41) is 0. The van der Waals surface area contributed by atoms with E-state index in [2.05, 4.69) is 20.9 Å². The minimum atomic E-state index is 0.0877. The molecule has 0 bridgehead atoms. The van der Waals surface area contributed by atoms with Crippen molar-refractivity contribution >= 4 is 17.4 Å². The number of methoxy groups -OCH3 is 1. The maximum absolute atomic E-state index is 13.2. The fourth-order valence-corrected chi connectivity index (χ4v) is 3.96. The molecule has 1 aromatic carbocycles. The number of rotatable bonds is 4. The van der Waals surface area contributed by atoms with Crippen molar-refractivity contribution in [3.05, 3.63) is 48.2 Å². The van der Waals surface area contributed by atoms with Crippen LogP contribution in [0, 0.1) is 0 Å². The monoisotopic (exact) mass is 366 g/mol. The van der Waals surface area contributed by atoms with Crippen molar-refractivity contribution in [3.8, 4) is 5.75 Å². The molecule has 27 heavy (non-hydrogen) atoms. The zero-order valence-electron chi connectivity index (χ0n) is 15.8. The molecule has 4 rings (SSSR count). The van der Waals surface area contributed by atoms with E-state index in [0.717, 1.165) is 49.0 Å². The van der Waals surface area contributed by atoms with Gasteiger partial charge >= 0.3 is 0 Å². The van der Waals surface area contributed by atoms with Crippen LogP contribution in [0.15, 0.2) is 42.6 Å². The molecule has 0 saturated carbocycles. The first-order valence-electron chi connectivity index (χ1n) is 9.65. The minimum absolute atomic E-state index is 0.0877. The zero-order valence-corrected chi connectivity index (χ0v) is 15.8. The molecule has 0 aliphatic carbocycles. The summed E-state index contributed by atoms with van der Waals surface area (Å²) in [6, 6.07) is 11.8. The highest BCUT2D eigenvalue weighted by Crippen LogP contribution is 2.29. The Hall–Kier alpha value is -2.76. The summed E-state index contributed by atoms with van der Waals surface area (Å²) < 4.78 is 5.48. The van der Waals surface area contributed by atoms with E-state index in [0.29, 0.717) is 13.1 Å². The maximum atomic E-state index is 13.2. The van der Waals surface area contributed by atoms with Crippen LogP contribution in [-0.2, 0) is 0 Å². The lowest BCUT2D eigenvalue weighted by Crippen LogP contribution is -2.49. The van der Waals surface area contributed by atoms with Gasteiger partial charge in [0.25, 0.3) is 5.91 Å². The smallest absolute Gasteiger partial charge is 0.257 e. The number of benzene rings is 1. The summed E-state index contributed by atoms with van der Waals surface area (Å²) in [5.41, 5.74) is 1.82. The van der Waals surface area contributed by atoms with Crippen molar-refractivity contribution in [2.24, 2.45) is 0 Å². The van der Waals surface area contributed by atoms with Crippen molar-refractivity contribution in [1.82, 2.24) is 9.88 Å². The number of piperazine rings is 1. The van der Waals surface area contributed by atoms with Gasteiger partial charge in [-0.2, -0.15) is 0 Å². The molecule has 0 atom stereocenters. The number of hydrogen-bond acceptors (Lipinski definition) is 5. The van der Waals surface area contributed by atoms with Gasteiger partial charge in [-0.15, -0.1) is 0 Å². The minimum Gasteiger partial charge on any atom is -0.495 e. The summed E-state index contributed by atoms with van der Waals surface area (Å²) in [7, 11) is 1.70. The lowest BCUT2D eigenvalue weighted by atomic mass is 10.1. The molecule has 0 spiro atoms. The molecular formula is C21H26N4O2. The molecule has 1 amide bonds. The molecule has 6 heteroatoms. The third kappa shape index (κ3) is 3.56. The molecule has 2 aliphatic heterocycles. The van der Waals surface area contributed by atoms with Crippen molar-refractivity contribution in [2.45, 2.75) is 12.8 Å². The zero-order chi connectivity index (χ0) is 18.6. The highest BCUT2D eigenvalue weighted by molar-refractivity contribution is 5.99. The van der Waals surface area contributed by atoms with Crippen LogP contribution in [0.5, 0.6) is 5.75 Å². The Morgan fingerprint density at radius 3 is 2.41 bits per heavy atom. The second-order valence-electron chi connectivity index (χ2n) is 7.02. The Balaban J connectivity index is 1.46. The third-order valence-corrected chi connectivity index (χ3v) is 5.42. The first-order valence-corrected chi connectivity index (χ1v) is 9.65. The number of nitrogens with zero attached hydrogens (tertiary/aromatic N) is 4. The summed E-state index contributed by atoms with van der Waals surface area (Å²) in [5.74, 6) is 1.80. The second kappa shape index (κ2) is 7.86. The van der Waals surface area contributed by atoms with E-state index in [4.69, 9.17) is 4.74 Å². The van der Waals surface area contributed by atoms with Crippen LogP contribution < -0.4 is 14.5 Å². The molecule has 3 heterocycles. The van der Waals surface area contributed by atoms with Crippen LogP contribution in [0.25, 0.3) is 0 Å². The summed E-state index contributed by atoms with van der Waals surface area (Å²) >= 11 is 0. The van der Waals surface area contributed by atoms with Gasteiger partial charge in [0, 0.05) is 45.5 Å². The number of ether oxygens (including phenoxy) is 1. The number of anilines is 2. The predicted molar refractivity (Wildman–Crippen MR) is 107 cm³/mol. The number of aromatic nitrogens is 1. The van der Waals surface area contributed by atoms with E-state index in [1.54, 1.807) is 13.3 Å². The first kappa shape index (κ1) is 17.6. The van der Waals surface area contributed by atoms with Gasteiger partial charge in [-0.05, 0) is 37.1 Å². The third-order valence-electron chi connectivity index (χ3n) is 5.42. The molecule has 2 aromatic rings. The molecular weight excluding hydrogens is 340 g/mol. The molecule has 0 N–H and O–H groups in total. The van der Waals surface area contributed by atoms with E-state index in [1.165, 1.54) is 12.8 Å². The quantitative estimate of drug-likeness (QED) is 0.833. The van der Waals surface area contributed by atoms with Gasteiger partial charge < -0.3 is 19.4 Å². The average Bonchev–Trinajstić information content (AvgIpc) is 3.28. The summed E-state index contributed by atoms with van der Waals surface area (Å²) in [6.07, 6.45) is 4.12. The number of pyridine rings is 1. The van der Waals surface area contributed by atoms with Crippen LogP contribution in [-0.4, -0.2) is 62.2 Å². The number of amides is 1. The van der Waals surface area contributed by atoms with Crippen LogP contribution in [0.4, 0.5) is 11.5 Å². The summed E-state index contributed by atoms with van der Waals surface area (Å²) in [4.78, 5) is 24.1. The Labute approximate surface area is 160 Å². The SMILES string of the molecule is COc1ccccc1N1CCN(C(=O)c2cccnc2N2CCCC2)CC1. The molecule has 0 unspecified atom stereocenters. The Morgan fingerprint density at radius 1 is 0.926 bits per heavy atom. The number of carbonyl (C=O) groups excluding carboxylic acids is 1. The van der Waals surface area contributed by atoms with Crippen molar-refractivity contribution < 1.29 is 9.53 Å². The van der Waals surface area contributed by atoms with Crippen LogP contribution in [0.3, 0.4) is 0 Å². The molecule has 2 aliphatic rings. The van der Waals surface area contributed by atoms with E-state index in [1.807, 2.05) is 35.2 Å². The molecule has 2 saturated heterocycles. The Morgan fingerprint density at radius 2 is 1.67 bits per heavy atom. The van der Waals surface area contributed by atoms with Gasteiger partial charge in [0.05, 0.1) is 18.4 Å². The molecule has 0 radical (unpaired) electrons. The number of carbonyl (C=O) groups is 1. The Bertz CT molecular complexity index is 796. The molecule has 1 aromatic heterocycles. The van der Waals surface area contributed by atoms with Gasteiger partial charge in [-0.1, -0.05) is 12.1 Å². The number of hydrogen-bond donors (Lipinski definition) is 0. The van der Waals surface area contributed by atoms with Gasteiger partial charge in [-0.25, -0.2) is 4.98 Å². The van der Waals surface area contributed by atoms with Gasteiger partial charge in [-0.3, -0.25) is 4.79 Å². The lowest BCUT2D eigenvalue weighted by Gasteiger charge is -2.37. The molecule has 6 nitrogen and oxygen atoms in total. The fraction of sp³-hybridized carbons (Fsp3) is 0.429. The molecule has 142 valence electrons. The normalized spacial score (nSPS) is 17.3. The van der Waals surface area contributed by atoms with Gasteiger partial charge in [0.15, 0.2) is 0 Å². The first-order chi connectivity index (χ1) is 13.3. The van der Waals surface area contributed by atoms with Crippen molar-refractivity contribution in [3.63, 3.8) is 0 Å². The highest BCUT2D eigenvalue weighted by Gasteiger charge is 2.27. The molecule has 2 fully saturated rings. The number of para-hydroxylation sites is 2. The van der Waals surface area contributed by atoms with E-state index >= 15 is 0 Å². The second-order valence-corrected chi connectivity index (χ2v) is 7.02. The van der Waals surface area contributed by atoms with Crippen molar-refractivity contribution in [2.75, 3.05) is 56.2 Å². The lowest BCUT2D eigenvalue weighted by molar-refractivity contribution is 0.0747. The van der Waals surface area contributed by atoms with Crippen LogP contribution >= 0.6 is 0 Å². The van der Waals surface area contributed by atoms with E-state index in [-0.39, 0.29) is 5.91 Å². The predicted octanol–water partition coefficient (Wildman–Crippen LogP) is 2.65.